The molecule has 3 nitrogen and oxygen atoms in total. The molecule has 6 heteroatoms. The smallest absolute Gasteiger partial charge is 0.152 e. The highest BCUT2D eigenvalue weighted by atomic mass is 79.9. The van der Waals surface area contributed by atoms with Crippen LogP contribution in [-0.2, 0) is 15.7 Å². The third-order valence-electron chi connectivity index (χ3n) is 3.09. The van der Waals surface area contributed by atoms with Crippen molar-refractivity contribution in [3.8, 4) is 0 Å². The Morgan fingerprint density at radius 3 is 2.78 bits per heavy atom. The Labute approximate surface area is 121 Å². The molecule has 0 aliphatic carbocycles. The van der Waals surface area contributed by atoms with Gasteiger partial charge in [0.2, 0.25) is 0 Å². The normalized spacial score (nSPS) is 19.6. The summed E-state index contributed by atoms with van der Waals surface area (Å²) in [6.45, 7) is 1.31. The summed E-state index contributed by atoms with van der Waals surface area (Å²) in [6.07, 6.45) is 0.677. The number of anilines is 1. The van der Waals surface area contributed by atoms with Crippen LogP contribution in [0.5, 0.6) is 0 Å². The van der Waals surface area contributed by atoms with Crippen molar-refractivity contribution in [1.82, 2.24) is 0 Å². The predicted octanol–water partition coefficient (Wildman–Crippen LogP) is 2.81. The largest absolute Gasteiger partial charge is 0.370 e. The highest BCUT2D eigenvalue weighted by molar-refractivity contribution is 9.10. The highest BCUT2D eigenvalue weighted by Gasteiger charge is 2.20. The first-order chi connectivity index (χ1) is 8.52. The topological polar surface area (TPSA) is 37.4 Å². The van der Waals surface area contributed by atoms with Gasteiger partial charge in [-0.3, -0.25) is 0 Å². The Morgan fingerprint density at radius 1 is 1.28 bits per heavy atom. The molecule has 0 spiro atoms. The number of hydrogen-bond donors (Lipinski definition) is 0. The SMILES string of the molecule is O=S1(=O)CCCN(c2cc(Br)ccc2CCl)CC1. The third-order valence-corrected chi connectivity index (χ3v) is 5.58. The minimum atomic E-state index is -2.88. The molecule has 0 atom stereocenters. The number of halogens is 2. The van der Waals surface area contributed by atoms with Gasteiger partial charge in [-0.05, 0) is 24.1 Å². The molecule has 0 amide bonds. The summed E-state index contributed by atoms with van der Waals surface area (Å²) < 4.78 is 24.2. The lowest BCUT2D eigenvalue weighted by atomic mass is 10.1. The Morgan fingerprint density at radius 2 is 2.06 bits per heavy atom. The predicted molar refractivity (Wildman–Crippen MR) is 79.2 cm³/mol. The molecular formula is C12H15BrClNO2S. The second-order valence-corrected chi connectivity index (χ2v) is 7.89. The monoisotopic (exact) mass is 351 g/mol. The quantitative estimate of drug-likeness (QED) is 0.768. The molecule has 0 radical (unpaired) electrons. The summed E-state index contributed by atoms with van der Waals surface area (Å²) in [7, 11) is -2.88. The molecule has 1 aliphatic rings. The number of hydrogen-bond acceptors (Lipinski definition) is 3. The summed E-state index contributed by atoms with van der Waals surface area (Å²) in [5.74, 6) is 0.945. The van der Waals surface area contributed by atoms with E-state index in [0.717, 1.165) is 22.3 Å². The van der Waals surface area contributed by atoms with E-state index in [1.54, 1.807) is 0 Å². The average Bonchev–Trinajstić information content (AvgIpc) is 2.50. The molecule has 0 aromatic heterocycles. The van der Waals surface area contributed by atoms with Crippen LogP contribution in [0.2, 0.25) is 0 Å². The molecule has 18 heavy (non-hydrogen) atoms. The van der Waals surface area contributed by atoms with Gasteiger partial charge >= 0.3 is 0 Å². The van der Waals surface area contributed by atoms with Crippen LogP contribution in [0.1, 0.15) is 12.0 Å². The van der Waals surface area contributed by atoms with Crippen molar-refractivity contribution in [2.24, 2.45) is 0 Å². The fourth-order valence-corrected chi connectivity index (χ4v) is 3.97. The van der Waals surface area contributed by atoms with Crippen LogP contribution in [0.25, 0.3) is 0 Å². The van der Waals surface area contributed by atoms with E-state index in [4.69, 9.17) is 11.6 Å². The Balaban J connectivity index is 2.28. The zero-order chi connectivity index (χ0) is 13.2. The Hall–Kier alpha value is -0.260. The van der Waals surface area contributed by atoms with Crippen molar-refractivity contribution in [2.45, 2.75) is 12.3 Å². The number of nitrogens with zero attached hydrogens (tertiary/aromatic N) is 1. The van der Waals surface area contributed by atoms with E-state index >= 15 is 0 Å². The van der Waals surface area contributed by atoms with E-state index in [1.807, 2.05) is 18.2 Å². The van der Waals surface area contributed by atoms with Crippen LogP contribution >= 0.6 is 27.5 Å². The maximum atomic E-state index is 11.6. The minimum absolute atomic E-state index is 0.223. The van der Waals surface area contributed by atoms with Crippen molar-refractivity contribution in [2.75, 3.05) is 29.5 Å². The molecule has 1 fully saturated rings. The standard InChI is InChI=1S/C12H15BrClNO2S/c13-11-3-2-10(9-14)12(8-11)15-4-1-6-18(16,17)7-5-15/h2-3,8H,1,4-7,9H2. The van der Waals surface area contributed by atoms with E-state index in [0.29, 0.717) is 18.8 Å². The summed E-state index contributed by atoms with van der Waals surface area (Å²) in [5.41, 5.74) is 2.08. The molecule has 1 aromatic rings. The van der Waals surface area contributed by atoms with Crippen molar-refractivity contribution in [3.05, 3.63) is 28.2 Å². The molecule has 1 aliphatic heterocycles. The second kappa shape index (κ2) is 5.80. The number of rotatable bonds is 2. The van der Waals surface area contributed by atoms with Crippen molar-refractivity contribution in [3.63, 3.8) is 0 Å². The van der Waals surface area contributed by atoms with Crippen LogP contribution in [-0.4, -0.2) is 33.0 Å². The minimum Gasteiger partial charge on any atom is -0.370 e. The molecule has 100 valence electrons. The summed E-state index contributed by atoms with van der Waals surface area (Å²) >= 11 is 9.39. The van der Waals surface area contributed by atoms with Crippen molar-refractivity contribution < 1.29 is 8.42 Å². The zero-order valence-corrected chi connectivity index (χ0v) is 13.1. The van der Waals surface area contributed by atoms with Gasteiger partial charge in [-0.25, -0.2) is 8.42 Å². The van der Waals surface area contributed by atoms with E-state index in [2.05, 4.69) is 20.8 Å². The Bertz CT molecular complexity index is 533. The second-order valence-electron chi connectivity index (χ2n) is 4.40. The van der Waals surface area contributed by atoms with Gasteiger partial charge in [0.25, 0.3) is 0 Å². The number of benzene rings is 1. The maximum absolute atomic E-state index is 11.6. The molecule has 0 N–H and O–H groups in total. The molecule has 0 bridgehead atoms. The van der Waals surface area contributed by atoms with Gasteiger partial charge in [-0.15, -0.1) is 11.6 Å². The van der Waals surface area contributed by atoms with E-state index in [9.17, 15) is 8.42 Å². The fraction of sp³-hybridized carbons (Fsp3) is 0.500. The van der Waals surface area contributed by atoms with E-state index < -0.39 is 9.84 Å². The van der Waals surface area contributed by atoms with Gasteiger partial charge in [0, 0.05) is 29.1 Å². The fourth-order valence-electron chi connectivity index (χ4n) is 2.12. The van der Waals surface area contributed by atoms with Crippen molar-refractivity contribution in [1.29, 1.82) is 0 Å². The van der Waals surface area contributed by atoms with Crippen LogP contribution in [0.4, 0.5) is 5.69 Å². The molecular weight excluding hydrogens is 338 g/mol. The molecule has 0 saturated carbocycles. The lowest BCUT2D eigenvalue weighted by molar-refractivity contribution is 0.597. The van der Waals surface area contributed by atoms with Crippen LogP contribution < -0.4 is 4.90 Å². The zero-order valence-electron chi connectivity index (χ0n) is 9.90. The first kappa shape index (κ1) is 14.2. The van der Waals surface area contributed by atoms with Gasteiger partial charge < -0.3 is 4.90 Å². The van der Waals surface area contributed by atoms with Gasteiger partial charge in [0.05, 0.1) is 11.5 Å². The van der Waals surface area contributed by atoms with Gasteiger partial charge in [0.15, 0.2) is 9.84 Å². The highest BCUT2D eigenvalue weighted by Crippen LogP contribution is 2.27. The summed E-state index contributed by atoms with van der Waals surface area (Å²) in [5, 5.41) is 0. The molecule has 2 rings (SSSR count). The lowest BCUT2D eigenvalue weighted by Gasteiger charge is -2.24. The third kappa shape index (κ3) is 3.39. The summed E-state index contributed by atoms with van der Waals surface area (Å²) in [4.78, 5) is 2.12. The van der Waals surface area contributed by atoms with Gasteiger partial charge in [-0.2, -0.15) is 0 Å². The number of alkyl halides is 1. The van der Waals surface area contributed by atoms with Crippen LogP contribution in [0, 0.1) is 0 Å². The van der Waals surface area contributed by atoms with E-state index in [1.165, 1.54) is 0 Å². The first-order valence-corrected chi connectivity index (χ1v) is 8.96. The maximum Gasteiger partial charge on any atom is 0.152 e. The van der Waals surface area contributed by atoms with Gasteiger partial charge in [0.1, 0.15) is 0 Å². The number of sulfone groups is 1. The molecule has 1 aromatic carbocycles. The van der Waals surface area contributed by atoms with E-state index in [-0.39, 0.29) is 11.5 Å². The van der Waals surface area contributed by atoms with Crippen LogP contribution in [0.15, 0.2) is 22.7 Å². The average molecular weight is 353 g/mol. The summed E-state index contributed by atoms with van der Waals surface area (Å²) in [6, 6.07) is 5.94. The van der Waals surface area contributed by atoms with Crippen LogP contribution in [0.3, 0.4) is 0 Å². The molecule has 0 unspecified atom stereocenters. The molecule has 1 saturated heterocycles. The first-order valence-electron chi connectivity index (χ1n) is 5.81. The Kier molecular flexibility index (Phi) is 4.56. The molecule has 1 heterocycles. The van der Waals surface area contributed by atoms with Gasteiger partial charge in [-0.1, -0.05) is 22.0 Å². The van der Waals surface area contributed by atoms with Crippen molar-refractivity contribution >= 4 is 43.1 Å². The lowest BCUT2D eigenvalue weighted by Crippen LogP contribution is -2.27.